The fourth-order valence-corrected chi connectivity index (χ4v) is 3.30. The highest BCUT2D eigenvalue weighted by atomic mass is 35.5. The molecule has 0 spiro atoms. The Hall–Kier alpha value is -1.51. The van der Waals surface area contributed by atoms with E-state index in [0.29, 0.717) is 0 Å². The summed E-state index contributed by atoms with van der Waals surface area (Å²) in [4.78, 5) is 2.52. The van der Waals surface area contributed by atoms with E-state index in [4.69, 9.17) is 16.3 Å². The first-order chi connectivity index (χ1) is 11.3. The fraction of sp³-hybridized carbons (Fsp3) is 0.400. The van der Waals surface area contributed by atoms with Crippen molar-refractivity contribution in [2.45, 2.75) is 19.3 Å². The third-order valence-corrected chi connectivity index (χ3v) is 4.82. The van der Waals surface area contributed by atoms with Crippen LogP contribution < -0.4 is 4.74 Å². The standard InChI is InChI=1S/C20H24ClNO/c21-19-8-6-17(7-9-19)16-18-10-12-22(13-11-18)14-15-23-20-4-2-1-3-5-20/h1-9,18H,10-16H2. The van der Waals surface area contributed by atoms with Gasteiger partial charge in [-0.25, -0.2) is 0 Å². The number of hydrogen-bond donors (Lipinski definition) is 0. The Kier molecular flexibility index (Phi) is 5.95. The normalized spacial score (nSPS) is 16.4. The van der Waals surface area contributed by atoms with Crippen LogP contribution in [0.2, 0.25) is 5.02 Å². The zero-order valence-corrected chi connectivity index (χ0v) is 14.2. The van der Waals surface area contributed by atoms with Gasteiger partial charge in [-0.3, -0.25) is 4.90 Å². The van der Waals surface area contributed by atoms with Gasteiger partial charge >= 0.3 is 0 Å². The first kappa shape index (κ1) is 16.4. The molecule has 0 unspecified atom stereocenters. The summed E-state index contributed by atoms with van der Waals surface area (Å²) in [5, 5.41) is 0.821. The third-order valence-electron chi connectivity index (χ3n) is 4.56. The lowest BCUT2D eigenvalue weighted by Gasteiger charge is -2.31. The highest BCUT2D eigenvalue weighted by molar-refractivity contribution is 6.30. The van der Waals surface area contributed by atoms with Crippen molar-refractivity contribution < 1.29 is 4.74 Å². The molecule has 0 bridgehead atoms. The molecule has 3 heteroatoms. The van der Waals surface area contributed by atoms with Crippen LogP contribution in [0.15, 0.2) is 54.6 Å². The largest absolute Gasteiger partial charge is 0.492 e. The molecule has 2 nitrogen and oxygen atoms in total. The highest BCUT2D eigenvalue weighted by Gasteiger charge is 2.19. The predicted molar refractivity (Wildman–Crippen MR) is 96.3 cm³/mol. The second kappa shape index (κ2) is 8.37. The molecule has 1 fully saturated rings. The Bertz CT molecular complexity index is 576. The van der Waals surface area contributed by atoms with Crippen LogP contribution in [0.25, 0.3) is 0 Å². The van der Waals surface area contributed by atoms with Gasteiger partial charge in [-0.2, -0.15) is 0 Å². The average Bonchev–Trinajstić information content (AvgIpc) is 2.59. The van der Waals surface area contributed by atoms with Crippen LogP contribution in [0, 0.1) is 5.92 Å². The summed E-state index contributed by atoms with van der Waals surface area (Å²) in [5.74, 6) is 1.76. The summed E-state index contributed by atoms with van der Waals surface area (Å²) in [5.41, 5.74) is 1.40. The molecule has 23 heavy (non-hydrogen) atoms. The molecule has 2 aromatic carbocycles. The Labute approximate surface area is 144 Å². The van der Waals surface area contributed by atoms with Crippen molar-refractivity contribution in [1.82, 2.24) is 4.90 Å². The molecule has 0 radical (unpaired) electrons. The van der Waals surface area contributed by atoms with Crippen molar-refractivity contribution in [2.75, 3.05) is 26.2 Å². The van der Waals surface area contributed by atoms with Crippen LogP contribution in [0.1, 0.15) is 18.4 Å². The lowest BCUT2D eigenvalue weighted by atomic mass is 9.90. The first-order valence-electron chi connectivity index (χ1n) is 8.44. The van der Waals surface area contributed by atoms with Gasteiger partial charge in [-0.15, -0.1) is 0 Å². The van der Waals surface area contributed by atoms with Gasteiger partial charge in [0.2, 0.25) is 0 Å². The number of halogens is 1. The number of benzene rings is 2. The summed E-state index contributed by atoms with van der Waals surface area (Å²) < 4.78 is 5.79. The van der Waals surface area contributed by atoms with Crippen LogP contribution in [-0.4, -0.2) is 31.1 Å². The quantitative estimate of drug-likeness (QED) is 0.763. The highest BCUT2D eigenvalue weighted by Crippen LogP contribution is 2.22. The summed E-state index contributed by atoms with van der Waals surface area (Å²) in [6.45, 7) is 4.14. The van der Waals surface area contributed by atoms with Crippen molar-refractivity contribution in [3.63, 3.8) is 0 Å². The monoisotopic (exact) mass is 329 g/mol. The van der Waals surface area contributed by atoms with E-state index >= 15 is 0 Å². The number of piperidine rings is 1. The van der Waals surface area contributed by atoms with Crippen molar-refractivity contribution in [3.05, 3.63) is 65.2 Å². The molecule has 0 N–H and O–H groups in total. The number of hydrogen-bond acceptors (Lipinski definition) is 2. The van der Waals surface area contributed by atoms with Crippen LogP contribution in [0.5, 0.6) is 5.75 Å². The second-order valence-corrected chi connectivity index (χ2v) is 6.71. The van der Waals surface area contributed by atoms with Gasteiger partial charge < -0.3 is 4.74 Å². The third kappa shape index (κ3) is 5.26. The predicted octanol–water partition coefficient (Wildman–Crippen LogP) is 4.67. The Morgan fingerprint density at radius 1 is 0.957 bits per heavy atom. The number of rotatable bonds is 6. The number of para-hydroxylation sites is 1. The maximum absolute atomic E-state index is 5.95. The topological polar surface area (TPSA) is 12.5 Å². The van der Waals surface area contributed by atoms with Gasteiger partial charge in [0, 0.05) is 11.6 Å². The SMILES string of the molecule is Clc1ccc(CC2CCN(CCOc3ccccc3)CC2)cc1. The molecule has 1 heterocycles. The van der Waals surface area contributed by atoms with E-state index in [1.165, 1.54) is 37.9 Å². The minimum absolute atomic E-state index is 0.770. The van der Waals surface area contributed by atoms with Gasteiger partial charge in [0.05, 0.1) is 0 Å². The Morgan fingerprint density at radius 2 is 1.65 bits per heavy atom. The second-order valence-electron chi connectivity index (χ2n) is 6.28. The zero-order chi connectivity index (χ0) is 15.9. The molecule has 0 aromatic heterocycles. The van der Waals surface area contributed by atoms with E-state index in [0.717, 1.165) is 29.8 Å². The van der Waals surface area contributed by atoms with Gasteiger partial charge in [0.15, 0.2) is 0 Å². The van der Waals surface area contributed by atoms with Crippen molar-refractivity contribution in [2.24, 2.45) is 5.92 Å². The molecule has 0 atom stereocenters. The molecule has 0 amide bonds. The lowest BCUT2D eigenvalue weighted by molar-refractivity contribution is 0.155. The van der Waals surface area contributed by atoms with Crippen LogP contribution in [0.4, 0.5) is 0 Å². The molecule has 1 aliphatic rings. The Morgan fingerprint density at radius 3 is 2.35 bits per heavy atom. The van der Waals surface area contributed by atoms with E-state index < -0.39 is 0 Å². The number of likely N-dealkylation sites (tertiary alicyclic amines) is 1. The maximum Gasteiger partial charge on any atom is 0.119 e. The molecule has 1 saturated heterocycles. The van der Waals surface area contributed by atoms with E-state index in [1.807, 2.05) is 42.5 Å². The van der Waals surface area contributed by atoms with E-state index in [-0.39, 0.29) is 0 Å². The molecule has 0 saturated carbocycles. The Balaban J connectivity index is 1.36. The fourth-order valence-electron chi connectivity index (χ4n) is 3.18. The maximum atomic E-state index is 5.95. The average molecular weight is 330 g/mol. The molecule has 3 rings (SSSR count). The summed E-state index contributed by atoms with van der Waals surface area (Å²) in [6.07, 6.45) is 3.72. The first-order valence-corrected chi connectivity index (χ1v) is 8.82. The summed E-state index contributed by atoms with van der Waals surface area (Å²) in [7, 11) is 0. The van der Waals surface area contributed by atoms with Crippen LogP contribution >= 0.6 is 11.6 Å². The molecule has 1 aliphatic heterocycles. The van der Waals surface area contributed by atoms with Crippen molar-refractivity contribution in [3.8, 4) is 5.75 Å². The molecule has 2 aromatic rings. The van der Waals surface area contributed by atoms with Crippen molar-refractivity contribution >= 4 is 11.6 Å². The summed E-state index contributed by atoms with van der Waals surface area (Å²) in [6, 6.07) is 18.4. The smallest absolute Gasteiger partial charge is 0.119 e. The van der Waals surface area contributed by atoms with E-state index in [2.05, 4.69) is 17.0 Å². The van der Waals surface area contributed by atoms with Crippen LogP contribution in [-0.2, 0) is 6.42 Å². The molecule has 0 aliphatic carbocycles. The number of ether oxygens (including phenoxy) is 1. The van der Waals surface area contributed by atoms with Gasteiger partial charge in [0.1, 0.15) is 12.4 Å². The van der Waals surface area contributed by atoms with E-state index in [1.54, 1.807) is 0 Å². The van der Waals surface area contributed by atoms with Gasteiger partial charge in [0.25, 0.3) is 0 Å². The summed E-state index contributed by atoms with van der Waals surface area (Å²) >= 11 is 5.95. The van der Waals surface area contributed by atoms with Crippen molar-refractivity contribution in [1.29, 1.82) is 0 Å². The zero-order valence-electron chi connectivity index (χ0n) is 13.5. The van der Waals surface area contributed by atoms with E-state index in [9.17, 15) is 0 Å². The number of nitrogens with zero attached hydrogens (tertiary/aromatic N) is 1. The molecule has 122 valence electrons. The minimum Gasteiger partial charge on any atom is -0.492 e. The van der Waals surface area contributed by atoms with Gasteiger partial charge in [-0.1, -0.05) is 41.9 Å². The molecular weight excluding hydrogens is 306 g/mol. The minimum atomic E-state index is 0.770. The van der Waals surface area contributed by atoms with Gasteiger partial charge in [-0.05, 0) is 68.1 Å². The van der Waals surface area contributed by atoms with Crippen LogP contribution in [0.3, 0.4) is 0 Å². The molecular formula is C20H24ClNO. The lowest BCUT2D eigenvalue weighted by Crippen LogP contribution is -2.36.